The number of nitrogens with zero attached hydrogens (tertiary/aromatic N) is 2. The fourth-order valence-corrected chi connectivity index (χ4v) is 2.65. The molecule has 0 bridgehead atoms. The van der Waals surface area contributed by atoms with Crippen molar-refractivity contribution >= 4 is 5.96 Å². The number of guanidine groups is 1. The fraction of sp³-hybridized carbons (Fsp3) is 0.611. The molecule has 2 N–H and O–H groups in total. The number of hydrogen-bond acceptors (Lipinski definition) is 4. The van der Waals surface area contributed by atoms with E-state index in [9.17, 15) is 0 Å². The molecule has 0 saturated carbocycles. The van der Waals surface area contributed by atoms with Gasteiger partial charge in [-0.1, -0.05) is 6.92 Å². The SMILES string of the molecule is COc1cc(OC)cc(OCCCN=C(N)N2CCC(C)CC2)c1. The Kier molecular flexibility index (Phi) is 7.03. The lowest BCUT2D eigenvalue weighted by Crippen LogP contribution is -2.42. The quantitative estimate of drug-likeness (QED) is 0.471. The number of ether oxygens (including phenoxy) is 3. The van der Waals surface area contributed by atoms with E-state index in [2.05, 4.69) is 16.8 Å². The van der Waals surface area contributed by atoms with Crippen LogP contribution < -0.4 is 19.9 Å². The fourth-order valence-electron chi connectivity index (χ4n) is 2.65. The Hall–Kier alpha value is -2.11. The summed E-state index contributed by atoms with van der Waals surface area (Å²) in [5, 5.41) is 0. The van der Waals surface area contributed by atoms with E-state index in [4.69, 9.17) is 19.9 Å². The smallest absolute Gasteiger partial charge is 0.191 e. The van der Waals surface area contributed by atoms with E-state index in [1.807, 2.05) is 18.2 Å². The summed E-state index contributed by atoms with van der Waals surface area (Å²) >= 11 is 0. The first-order valence-electron chi connectivity index (χ1n) is 8.53. The van der Waals surface area contributed by atoms with Gasteiger partial charge >= 0.3 is 0 Å². The highest BCUT2D eigenvalue weighted by Gasteiger charge is 2.16. The van der Waals surface area contributed by atoms with Crippen molar-refractivity contribution in [2.75, 3.05) is 40.5 Å². The Morgan fingerprint density at radius 1 is 1.12 bits per heavy atom. The van der Waals surface area contributed by atoms with Crippen LogP contribution in [0.2, 0.25) is 0 Å². The average Bonchev–Trinajstić information content (AvgIpc) is 2.61. The molecule has 0 aromatic heterocycles. The molecule has 24 heavy (non-hydrogen) atoms. The number of hydrogen-bond donors (Lipinski definition) is 1. The van der Waals surface area contributed by atoms with E-state index in [0.717, 1.165) is 31.2 Å². The zero-order valence-corrected chi connectivity index (χ0v) is 15.0. The lowest BCUT2D eigenvalue weighted by atomic mass is 10.00. The van der Waals surface area contributed by atoms with Crippen LogP contribution in [0.3, 0.4) is 0 Å². The number of benzene rings is 1. The number of rotatable bonds is 7. The Balaban J connectivity index is 1.73. The summed E-state index contributed by atoms with van der Waals surface area (Å²) in [5.74, 6) is 3.61. The van der Waals surface area contributed by atoms with Gasteiger partial charge in [-0.15, -0.1) is 0 Å². The van der Waals surface area contributed by atoms with Crippen LogP contribution in [0.4, 0.5) is 0 Å². The third-order valence-corrected chi connectivity index (χ3v) is 4.28. The highest BCUT2D eigenvalue weighted by Crippen LogP contribution is 2.27. The molecule has 0 atom stereocenters. The molecule has 0 unspecified atom stereocenters. The summed E-state index contributed by atoms with van der Waals surface area (Å²) in [6.45, 7) is 5.55. The molecule has 1 saturated heterocycles. The Labute approximate surface area is 144 Å². The van der Waals surface area contributed by atoms with Crippen LogP contribution >= 0.6 is 0 Å². The van der Waals surface area contributed by atoms with Crippen LogP contribution in [0, 0.1) is 5.92 Å². The van der Waals surface area contributed by atoms with Crippen LogP contribution in [0.15, 0.2) is 23.2 Å². The summed E-state index contributed by atoms with van der Waals surface area (Å²) in [7, 11) is 3.24. The van der Waals surface area contributed by atoms with Gasteiger partial charge in [-0.05, 0) is 18.8 Å². The van der Waals surface area contributed by atoms with E-state index in [-0.39, 0.29) is 0 Å². The molecule has 1 aromatic rings. The highest BCUT2D eigenvalue weighted by atomic mass is 16.5. The molecular weight excluding hydrogens is 306 g/mol. The number of likely N-dealkylation sites (tertiary alicyclic amines) is 1. The largest absolute Gasteiger partial charge is 0.496 e. The molecule has 1 aliphatic rings. The molecule has 0 amide bonds. The Morgan fingerprint density at radius 2 is 1.71 bits per heavy atom. The maximum atomic E-state index is 6.07. The molecule has 1 fully saturated rings. The molecule has 2 rings (SSSR count). The maximum absolute atomic E-state index is 6.07. The van der Waals surface area contributed by atoms with Crippen LogP contribution in [-0.2, 0) is 0 Å². The zero-order chi connectivity index (χ0) is 17.4. The van der Waals surface area contributed by atoms with Gasteiger partial charge in [-0.3, -0.25) is 4.99 Å². The van der Waals surface area contributed by atoms with Gasteiger partial charge in [0.15, 0.2) is 5.96 Å². The molecule has 6 heteroatoms. The third-order valence-electron chi connectivity index (χ3n) is 4.28. The number of nitrogens with two attached hydrogens (primary N) is 1. The van der Waals surface area contributed by atoms with Gasteiger partial charge in [-0.25, -0.2) is 0 Å². The maximum Gasteiger partial charge on any atom is 0.191 e. The minimum atomic E-state index is 0.574. The topological polar surface area (TPSA) is 69.3 Å². The van der Waals surface area contributed by atoms with Crippen molar-refractivity contribution < 1.29 is 14.2 Å². The monoisotopic (exact) mass is 335 g/mol. The van der Waals surface area contributed by atoms with E-state index >= 15 is 0 Å². The first-order valence-corrected chi connectivity index (χ1v) is 8.53. The van der Waals surface area contributed by atoms with E-state index in [1.54, 1.807) is 14.2 Å². The summed E-state index contributed by atoms with van der Waals surface area (Å²) in [4.78, 5) is 6.64. The van der Waals surface area contributed by atoms with Crippen LogP contribution in [-0.4, -0.2) is 51.3 Å². The minimum absolute atomic E-state index is 0.574. The van der Waals surface area contributed by atoms with E-state index < -0.39 is 0 Å². The molecule has 6 nitrogen and oxygen atoms in total. The summed E-state index contributed by atoms with van der Waals surface area (Å²) in [5.41, 5.74) is 6.07. The van der Waals surface area contributed by atoms with Crippen molar-refractivity contribution in [1.29, 1.82) is 0 Å². The molecule has 1 heterocycles. The average molecular weight is 335 g/mol. The highest BCUT2D eigenvalue weighted by molar-refractivity contribution is 5.78. The second kappa shape index (κ2) is 9.25. The van der Waals surface area contributed by atoms with Crippen LogP contribution in [0.5, 0.6) is 17.2 Å². The number of piperidine rings is 1. The lowest BCUT2D eigenvalue weighted by Gasteiger charge is -2.31. The minimum Gasteiger partial charge on any atom is -0.496 e. The summed E-state index contributed by atoms with van der Waals surface area (Å²) in [6.07, 6.45) is 3.19. The number of aliphatic imine (C=N–C) groups is 1. The summed E-state index contributed by atoms with van der Waals surface area (Å²) < 4.78 is 16.2. The van der Waals surface area contributed by atoms with Crippen molar-refractivity contribution in [3.05, 3.63) is 18.2 Å². The Bertz CT molecular complexity index is 518. The van der Waals surface area contributed by atoms with Gasteiger partial charge in [0.05, 0.1) is 20.8 Å². The van der Waals surface area contributed by atoms with Gasteiger partial charge in [0, 0.05) is 44.3 Å². The van der Waals surface area contributed by atoms with Gasteiger partial charge in [0.25, 0.3) is 0 Å². The zero-order valence-electron chi connectivity index (χ0n) is 15.0. The predicted octanol–water partition coefficient (Wildman–Crippen LogP) is 2.52. The van der Waals surface area contributed by atoms with Crippen molar-refractivity contribution in [3.63, 3.8) is 0 Å². The Morgan fingerprint density at radius 3 is 2.29 bits per heavy atom. The third kappa shape index (κ3) is 5.51. The van der Waals surface area contributed by atoms with Gasteiger partial charge in [-0.2, -0.15) is 0 Å². The second-order valence-corrected chi connectivity index (χ2v) is 6.16. The van der Waals surface area contributed by atoms with Gasteiger partial charge in [0.1, 0.15) is 17.2 Å². The van der Waals surface area contributed by atoms with Crippen molar-refractivity contribution in [1.82, 2.24) is 4.90 Å². The first-order chi connectivity index (χ1) is 11.6. The van der Waals surface area contributed by atoms with Crippen LogP contribution in [0.25, 0.3) is 0 Å². The second-order valence-electron chi connectivity index (χ2n) is 6.16. The first kappa shape index (κ1) is 18.2. The predicted molar refractivity (Wildman–Crippen MR) is 96.1 cm³/mol. The van der Waals surface area contributed by atoms with E-state index in [0.29, 0.717) is 30.6 Å². The van der Waals surface area contributed by atoms with Crippen molar-refractivity contribution in [2.45, 2.75) is 26.2 Å². The molecule has 1 aromatic carbocycles. The molecular formula is C18H29N3O3. The number of methoxy groups -OCH3 is 2. The van der Waals surface area contributed by atoms with Crippen molar-refractivity contribution in [3.8, 4) is 17.2 Å². The molecule has 0 radical (unpaired) electrons. The summed E-state index contributed by atoms with van der Waals surface area (Å²) in [6, 6.07) is 5.50. The van der Waals surface area contributed by atoms with Gasteiger partial charge in [0.2, 0.25) is 0 Å². The molecule has 0 spiro atoms. The standard InChI is InChI=1S/C18H29N3O3/c1-14-5-8-21(9-6-14)18(19)20-7-4-10-24-17-12-15(22-2)11-16(13-17)23-3/h11-14H,4-10H2,1-3H3,(H2,19,20). The van der Waals surface area contributed by atoms with Gasteiger partial charge < -0.3 is 24.8 Å². The molecule has 0 aliphatic carbocycles. The van der Waals surface area contributed by atoms with Crippen LogP contribution in [0.1, 0.15) is 26.2 Å². The lowest BCUT2D eigenvalue weighted by molar-refractivity contribution is 0.277. The van der Waals surface area contributed by atoms with E-state index in [1.165, 1.54) is 12.8 Å². The molecule has 1 aliphatic heterocycles. The normalized spacial score (nSPS) is 16.1. The van der Waals surface area contributed by atoms with Crippen molar-refractivity contribution in [2.24, 2.45) is 16.6 Å². The molecule has 134 valence electrons.